The third kappa shape index (κ3) is 4.51. The van der Waals surface area contributed by atoms with E-state index in [1.54, 1.807) is 12.4 Å². The van der Waals surface area contributed by atoms with Gasteiger partial charge < -0.3 is 15.4 Å². The van der Waals surface area contributed by atoms with Crippen molar-refractivity contribution in [2.24, 2.45) is 0 Å². The van der Waals surface area contributed by atoms with E-state index in [0.717, 1.165) is 17.0 Å². The second-order valence-electron chi connectivity index (χ2n) is 4.13. The molecule has 2 N–H and O–H groups in total. The van der Waals surface area contributed by atoms with Crippen LogP contribution in [-0.4, -0.2) is 16.7 Å². The Bertz CT molecular complexity index is 560. The first-order valence-electron chi connectivity index (χ1n) is 6.44. The van der Waals surface area contributed by atoms with Crippen LogP contribution in [0.25, 0.3) is 0 Å². The molecule has 0 radical (unpaired) electrons. The molecule has 0 aliphatic rings. The van der Waals surface area contributed by atoms with Gasteiger partial charge in [-0.15, -0.1) is 0 Å². The summed E-state index contributed by atoms with van der Waals surface area (Å²) >= 11 is 5.24. The number of pyridine rings is 1. The molecule has 1 aromatic carbocycles. The van der Waals surface area contributed by atoms with E-state index < -0.39 is 0 Å². The summed E-state index contributed by atoms with van der Waals surface area (Å²) in [7, 11) is 0. The molecule has 20 heavy (non-hydrogen) atoms. The normalized spacial score (nSPS) is 9.85. The predicted molar refractivity (Wildman–Crippen MR) is 84.9 cm³/mol. The Labute approximate surface area is 124 Å². The summed E-state index contributed by atoms with van der Waals surface area (Å²) in [5.41, 5.74) is 1.99. The van der Waals surface area contributed by atoms with Gasteiger partial charge in [0.05, 0.1) is 18.5 Å². The van der Waals surface area contributed by atoms with Crippen molar-refractivity contribution in [2.75, 3.05) is 11.9 Å². The largest absolute Gasteiger partial charge is 0.494 e. The fourth-order valence-corrected chi connectivity index (χ4v) is 1.90. The van der Waals surface area contributed by atoms with Crippen LogP contribution < -0.4 is 15.4 Å². The zero-order valence-corrected chi connectivity index (χ0v) is 12.1. The summed E-state index contributed by atoms with van der Waals surface area (Å²) in [4.78, 5) is 4.02. The zero-order valence-electron chi connectivity index (χ0n) is 11.3. The number of aromatic nitrogens is 1. The van der Waals surface area contributed by atoms with Crippen molar-refractivity contribution in [1.82, 2.24) is 10.3 Å². The van der Waals surface area contributed by atoms with Crippen molar-refractivity contribution in [1.29, 1.82) is 0 Å². The number of rotatable bonds is 5. The molecule has 1 aromatic heterocycles. The van der Waals surface area contributed by atoms with Crippen molar-refractivity contribution in [3.8, 4) is 5.75 Å². The highest BCUT2D eigenvalue weighted by atomic mass is 32.1. The fourth-order valence-electron chi connectivity index (χ4n) is 1.71. The van der Waals surface area contributed by atoms with E-state index in [9.17, 15) is 0 Å². The molecule has 0 amide bonds. The van der Waals surface area contributed by atoms with Gasteiger partial charge in [0.25, 0.3) is 0 Å². The third-order valence-electron chi connectivity index (χ3n) is 2.58. The van der Waals surface area contributed by atoms with E-state index in [0.29, 0.717) is 18.3 Å². The monoisotopic (exact) mass is 287 g/mol. The van der Waals surface area contributed by atoms with Gasteiger partial charge in [0.15, 0.2) is 5.11 Å². The molecule has 0 aliphatic carbocycles. The summed E-state index contributed by atoms with van der Waals surface area (Å²) in [6.45, 7) is 3.28. The minimum absolute atomic E-state index is 0.569. The smallest absolute Gasteiger partial charge is 0.171 e. The van der Waals surface area contributed by atoms with Crippen LogP contribution in [0.5, 0.6) is 5.75 Å². The lowest BCUT2D eigenvalue weighted by Crippen LogP contribution is -2.27. The van der Waals surface area contributed by atoms with E-state index >= 15 is 0 Å². The van der Waals surface area contributed by atoms with Crippen molar-refractivity contribution < 1.29 is 4.74 Å². The standard InChI is InChI=1S/C15H17N3OS/c1-2-19-14-7-3-5-12(9-14)10-17-15(20)18-13-6-4-8-16-11-13/h3-9,11H,2,10H2,1H3,(H2,17,18,20). The molecule has 0 aliphatic heterocycles. The first kappa shape index (κ1) is 14.3. The van der Waals surface area contributed by atoms with E-state index in [2.05, 4.69) is 15.6 Å². The fraction of sp³-hybridized carbons (Fsp3) is 0.200. The first-order valence-corrected chi connectivity index (χ1v) is 6.85. The van der Waals surface area contributed by atoms with E-state index in [1.165, 1.54) is 0 Å². The van der Waals surface area contributed by atoms with Gasteiger partial charge in [-0.3, -0.25) is 4.98 Å². The highest BCUT2D eigenvalue weighted by molar-refractivity contribution is 7.80. The van der Waals surface area contributed by atoms with Gasteiger partial charge in [-0.25, -0.2) is 0 Å². The Hall–Kier alpha value is -2.14. The summed E-state index contributed by atoms with van der Waals surface area (Å²) in [6, 6.07) is 11.7. The Morgan fingerprint density at radius 3 is 2.95 bits per heavy atom. The number of hydrogen-bond donors (Lipinski definition) is 2. The highest BCUT2D eigenvalue weighted by Gasteiger charge is 1.99. The third-order valence-corrected chi connectivity index (χ3v) is 2.83. The van der Waals surface area contributed by atoms with Crippen LogP contribution in [0.1, 0.15) is 12.5 Å². The van der Waals surface area contributed by atoms with Crippen molar-refractivity contribution in [3.63, 3.8) is 0 Å². The molecule has 0 atom stereocenters. The van der Waals surface area contributed by atoms with E-state index in [4.69, 9.17) is 17.0 Å². The average Bonchev–Trinajstić information content (AvgIpc) is 2.47. The number of nitrogens with one attached hydrogen (secondary N) is 2. The molecule has 104 valence electrons. The van der Waals surface area contributed by atoms with Gasteiger partial charge in [-0.1, -0.05) is 12.1 Å². The highest BCUT2D eigenvalue weighted by Crippen LogP contribution is 2.13. The van der Waals surface area contributed by atoms with Crippen LogP contribution >= 0.6 is 12.2 Å². The van der Waals surface area contributed by atoms with Gasteiger partial charge >= 0.3 is 0 Å². The molecule has 0 saturated carbocycles. The van der Waals surface area contributed by atoms with Crippen molar-refractivity contribution >= 4 is 23.0 Å². The molecule has 5 heteroatoms. The minimum Gasteiger partial charge on any atom is -0.494 e. The maximum absolute atomic E-state index is 5.46. The van der Waals surface area contributed by atoms with Crippen molar-refractivity contribution in [2.45, 2.75) is 13.5 Å². The summed E-state index contributed by atoms with van der Waals surface area (Å²) in [5.74, 6) is 0.873. The SMILES string of the molecule is CCOc1cccc(CNC(=S)Nc2cccnc2)c1. The molecular formula is C15H17N3OS. The number of benzene rings is 1. The van der Waals surface area contributed by atoms with Crippen LogP contribution in [-0.2, 0) is 6.54 Å². The molecule has 2 rings (SSSR count). The number of nitrogens with zero attached hydrogens (tertiary/aromatic N) is 1. The van der Waals surface area contributed by atoms with Gasteiger partial charge in [0.2, 0.25) is 0 Å². The van der Waals surface area contributed by atoms with E-state index in [-0.39, 0.29) is 0 Å². The van der Waals surface area contributed by atoms with Crippen molar-refractivity contribution in [3.05, 3.63) is 54.4 Å². The lowest BCUT2D eigenvalue weighted by molar-refractivity contribution is 0.340. The lowest BCUT2D eigenvalue weighted by Gasteiger charge is -2.11. The minimum atomic E-state index is 0.569. The maximum Gasteiger partial charge on any atom is 0.171 e. The number of hydrogen-bond acceptors (Lipinski definition) is 3. The zero-order chi connectivity index (χ0) is 14.2. The van der Waals surface area contributed by atoms with Gasteiger partial charge in [0, 0.05) is 12.7 Å². The molecule has 0 fully saturated rings. The second kappa shape index (κ2) is 7.45. The quantitative estimate of drug-likeness (QED) is 0.828. The summed E-state index contributed by atoms with van der Waals surface area (Å²) < 4.78 is 5.46. The molecule has 0 unspecified atom stereocenters. The van der Waals surface area contributed by atoms with Crippen LogP contribution in [0.3, 0.4) is 0 Å². The van der Waals surface area contributed by atoms with Gasteiger partial charge in [0.1, 0.15) is 5.75 Å². The van der Waals surface area contributed by atoms with Crippen LogP contribution in [0.15, 0.2) is 48.8 Å². The molecule has 4 nitrogen and oxygen atoms in total. The second-order valence-corrected chi connectivity index (χ2v) is 4.54. The average molecular weight is 287 g/mol. The molecule has 0 saturated heterocycles. The van der Waals surface area contributed by atoms with Crippen LogP contribution in [0.4, 0.5) is 5.69 Å². The van der Waals surface area contributed by atoms with E-state index in [1.807, 2.05) is 43.3 Å². The van der Waals surface area contributed by atoms with Crippen LogP contribution in [0.2, 0.25) is 0 Å². The molecule has 1 heterocycles. The van der Waals surface area contributed by atoms with Gasteiger partial charge in [-0.2, -0.15) is 0 Å². The Kier molecular flexibility index (Phi) is 5.32. The summed E-state index contributed by atoms with van der Waals surface area (Å²) in [6.07, 6.45) is 3.45. The molecule has 0 spiro atoms. The number of anilines is 1. The lowest BCUT2D eigenvalue weighted by atomic mass is 10.2. The molecular weight excluding hydrogens is 270 g/mol. The molecule has 2 aromatic rings. The maximum atomic E-state index is 5.46. The number of ether oxygens (including phenoxy) is 1. The Balaban J connectivity index is 1.85. The Morgan fingerprint density at radius 1 is 1.30 bits per heavy atom. The number of thiocarbonyl (C=S) groups is 1. The Morgan fingerprint density at radius 2 is 2.20 bits per heavy atom. The summed E-state index contributed by atoms with van der Waals surface area (Å²) in [5, 5.41) is 6.80. The topological polar surface area (TPSA) is 46.2 Å². The first-order chi connectivity index (χ1) is 9.78. The van der Waals surface area contributed by atoms with Gasteiger partial charge in [-0.05, 0) is 49.0 Å². The predicted octanol–water partition coefficient (Wildman–Crippen LogP) is 2.97. The van der Waals surface area contributed by atoms with Crippen LogP contribution in [0, 0.1) is 0 Å². The molecule has 0 bridgehead atoms.